The molecule has 1 atom stereocenters. The number of fused-ring (bicyclic) bond motifs is 1. The molecule has 0 aliphatic carbocycles. The normalized spacial score (nSPS) is 16.4. The van der Waals surface area contributed by atoms with Crippen LogP contribution in [0.2, 0.25) is 10.0 Å². The topological polar surface area (TPSA) is 42.7 Å². The molecular weight excluding hydrogens is 331 g/mol. The van der Waals surface area contributed by atoms with E-state index >= 15 is 0 Å². The first-order valence-corrected chi connectivity index (χ1v) is 7.87. The minimum Gasteiger partial charge on any atom is -0.324 e. The fraction of sp³-hybridized carbons (Fsp3) is 0.0588. The van der Waals surface area contributed by atoms with Crippen molar-refractivity contribution in [1.82, 2.24) is 14.8 Å². The van der Waals surface area contributed by atoms with Gasteiger partial charge in [-0.2, -0.15) is 10.1 Å². The molecule has 3 aromatic rings. The van der Waals surface area contributed by atoms with E-state index in [-0.39, 0.29) is 6.04 Å². The average molecular weight is 343 g/mol. The van der Waals surface area contributed by atoms with Crippen molar-refractivity contribution in [3.05, 3.63) is 82.1 Å². The lowest BCUT2D eigenvalue weighted by atomic mass is 10.0. The van der Waals surface area contributed by atoms with Crippen molar-refractivity contribution in [3.8, 4) is 0 Å². The molecule has 0 bridgehead atoms. The van der Waals surface area contributed by atoms with E-state index in [1.807, 2.05) is 42.5 Å². The second kappa shape index (κ2) is 5.72. The lowest BCUT2D eigenvalue weighted by molar-refractivity contribution is 0.612. The molecule has 0 saturated carbocycles. The fourth-order valence-corrected chi connectivity index (χ4v) is 3.11. The van der Waals surface area contributed by atoms with Gasteiger partial charge in [-0.15, -0.1) is 0 Å². The Morgan fingerprint density at radius 1 is 1.00 bits per heavy atom. The van der Waals surface area contributed by atoms with Crippen LogP contribution in [0.3, 0.4) is 0 Å². The van der Waals surface area contributed by atoms with Gasteiger partial charge in [0, 0.05) is 11.3 Å². The Bertz CT molecular complexity index is 887. The molecule has 1 aromatic heterocycles. The highest BCUT2D eigenvalue weighted by Crippen LogP contribution is 2.37. The van der Waals surface area contributed by atoms with Crippen molar-refractivity contribution in [2.45, 2.75) is 6.04 Å². The summed E-state index contributed by atoms with van der Waals surface area (Å²) in [7, 11) is 0. The van der Waals surface area contributed by atoms with Crippen LogP contribution in [0.25, 0.3) is 5.70 Å². The van der Waals surface area contributed by atoms with Gasteiger partial charge < -0.3 is 5.32 Å². The van der Waals surface area contributed by atoms with Gasteiger partial charge in [0.05, 0.1) is 10.0 Å². The molecule has 1 N–H and O–H groups in total. The maximum atomic E-state index is 6.41. The molecule has 0 spiro atoms. The summed E-state index contributed by atoms with van der Waals surface area (Å²) in [5, 5.41) is 8.67. The Hall–Kier alpha value is -2.30. The number of hydrogen-bond acceptors (Lipinski definition) is 3. The first-order chi connectivity index (χ1) is 11.2. The van der Waals surface area contributed by atoms with Crippen molar-refractivity contribution in [3.63, 3.8) is 0 Å². The van der Waals surface area contributed by atoms with Crippen molar-refractivity contribution < 1.29 is 0 Å². The molecule has 2 aromatic carbocycles. The maximum Gasteiger partial charge on any atom is 0.226 e. The van der Waals surface area contributed by atoms with Crippen LogP contribution in [0.1, 0.15) is 17.2 Å². The molecule has 4 nitrogen and oxygen atoms in total. The first-order valence-electron chi connectivity index (χ1n) is 7.12. The molecule has 0 unspecified atom stereocenters. The van der Waals surface area contributed by atoms with E-state index in [1.54, 1.807) is 10.7 Å². The smallest absolute Gasteiger partial charge is 0.226 e. The van der Waals surface area contributed by atoms with Crippen LogP contribution in [0.15, 0.2) is 60.9 Å². The molecule has 0 radical (unpaired) electrons. The van der Waals surface area contributed by atoms with E-state index in [2.05, 4.69) is 21.5 Å². The van der Waals surface area contributed by atoms with Gasteiger partial charge in [-0.3, -0.25) is 0 Å². The third-order valence-corrected chi connectivity index (χ3v) is 4.63. The molecule has 0 amide bonds. The number of halogens is 2. The third kappa shape index (κ3) is 2.50. The molecule has 1 aliphatic rings. The van der Waals surface area contributed by atoms with E-state index in [9.17, 15) is 0 Å². The Kier molecular flexibility index (Phi) is 3.56. The fourth-order valence-electron chi connectivity index (χ4n) is 2.69. The largest absolute Gasteiger partial charge is 0.324 e. The molecular formula is C17H12Cl2N4. The van der Waals surface area contributed by atoms with Crippen LogP contribution in [0.4, 0.5) is 5.95 Å². The van der Waals surface area contributed by atoms with E-state index in [4.69, 9.17) is 23.2 Å². The summed E-state index contributed by atoms with van der Waals surface area (Å²) in [5.74, 6) is 0.674. The quantitative estimate of drug-likeness (QED) is 0.737. The van der Waals surface area contributed by atoms with E-state index in [0.29, 0.717) is 16.0 Å². The number of rotatable bonds is 2. The summed E-state index contributed by atoms with van der Waals surface area (Å²) in [6.07, 6.45) is 3.60. The van der Waals surface area contributed by atoms with Crippen LogP contribution in [-0.4, -0.2) is 14.8 Å². The van der Waals surface area contributed by atoms with Crippen LogP contribution in [0.5, 0.6) is 0 Å². The summed E-state index contributed by atoms with van der Waals surface area (Å²) in [6, 6.07) is 15.5. The van der Waals surface area contributed by atoms with Crippen molar-refractivity contribution in [2.75, 3.05) is 5.32 Å². The number of anilines is 1. The summed E-state index contributed by atoms with van der Waals surface area (Å²) in [5.41, 5.74) is 2.93. The van der Waals surface area contributed by atoms with Crippen LogP contribution in [-0.2, 0) is 0 Å². The molecule has 4 rings (SSSR count). The van der Waals surface area contributed by atoms with Gasteiger partial charge in [0.2, 0.25) is 5.95 Å². The SMILES string of the molecule is Clc1cccc([C@@H]2C=C(c3ccccc3)Nc3ncnn32)c1Cl. The van der Waals surface area contributed by atoms with Gasteiger partial charge in [-0.1, -0.05) is 65.7 Å². The van der Waals surface area contributed by atoms with Gasteiger partial charge in [-0.05, 0) is 17.7 Å². The highest BCUT2D eigenvalue weighted by molar-refractivity contribution is 6.42. The molecule has 0 fully saturated rings. The van der Waals surface area contributed by atoms with E-state index < -0.39 is 0 Å². The van der Waals surface area contributed by atoms with Gasteiger partial charge in [0.15, 0.2) is 0 Å². The Labute approximate surface area is 143 Å². The maximum absolute atomic E-state index is 6.41. The molecule has 23 heavy (non-hydrogen) atoms. The number of nitrogens with zero attached hydrogens (tertiary/aromatic N) is 3. The number of hydrogen-bond donors (Lipinski definition) is 1. The van der Waals surface area contributed by atoms with E-state index in [1.165, 1.54) is 6.33 Å². The predicted molar refractivity (Wildman–Crippen MR) is 92.7 cm³/mol. The number of benzene rings is 2. The van der Waals surface area contributed by atoms with Crippen molar-refractivity contribution >= 4 is 34.8 Å². The zero-order valence-corrected chi connectivity index (χ0v) is 13.5. The summed E-state index contributed by atoms with van der Waals surface area (Å²) in [4.78, 5) is 4.28. The third-order valence-electron chi connectivity index (χ3n) is 3.79. The highest BCUT2D eigenvalue weighted by Gasteiger charge is 2.25. The predicted octanol–water partition coefficient (Wildman–Crippen LogP) is 4.64. The first kappa shape index (κ1) is 14.3. The zero-order chi connectivity index (χ0) is 15.8. The van der Waals surface area contributed by atoms with Gasteiger partial charge in [0.1, 0.15) is 12.4 Å². The van der Waals surface area contributed by atoms with Crippen LogP contribution < -0.4 is 5.32 Å². The Balaban J connectivity index is 1.87. The minimum atomic E-state index is -0.171. The number of nitrogens with one attached hydrogen (secondary N) is 1. The van der Waals surface area contributed by atoms with Gasteiger partial charge in [-0.25, -0.2) is 4.68 Å². The van der Waals surface area contributed by atoms with Crippen LogP contribution in [0, 0.1) is 0 Å². The molecule has 114 valence electrons. The van der Waals surface area contributed by atoms with Gasteiger partial charge in [0.25, 0.3) is 0 Å². The summed E-state index contributed by atoms with van der Waals surface area (Å²) < 4.78 is 1.80. The molecule has 6 heteroatoms. The minimum absolute atomic E-state index is 0.171. The monoisotopic (exact) mass is 342 g/mol. The number of allylic oxidation sites excluding steroid dienone is 1. The Morgan fingerprint density at radius 3 is 2.65 bits per heavy atom. The lowest BCUT2D eigenvalue weighted by Crippen LogP contribution is -2.20. The zero-order valence-electron chi connectivity index (χ0n) is 11.9. The number of aromatic nitrogens is 3. The van der Waals surface area contributed by atoms with Gasteiger partial charge >= 0.3 is 0 Å². The summed E-state index contributed by atoms with van der Waals surface area (Å²) >= 11 is 12.6. The standard InChI is InChI=1S/C17H12Cl2N4/c18-13-8-4-7-12(16(13)19)15-9-14(11-5-2-1-3-6-11)22-17-20-10-21-23(15)17/h1-10,15H,(H,20,21,22)/t15-/m0/s1. The Morgan fingerprint density at radius 2 is 1.83 bits per heavy atom. The second-order valence-electron chi connectivity index (χ2n) is 5.19. The highest BCUT2D eigenvalue weighted by atomic mass is 35.5. The summed E-state index contributed by atoms with van der Waals surface area (Å²) in [6.45, 7) is 0. The lowest BCUT2D eigenvalue weighted by Gasteiger charge is -2.25. The van der Waals surface area contributed by atoms with Crippen molar-refractivity contribution in [1.29, 1.82) is 0 Å². The average Bonchev–Trinajstić information content (AvgIpc) is 3.06. The van der Waals surface area contributed by atoms with E-state index in [0.717, 1.165) is 16.8 Å². The van der Waals surface area contributed by atoms with Crippen molar-refractivity contribution in [2.24, 2.45) is 0 Å². The molecule has 2 heterocycles. The second-order valence-corrected chi connectivity index (χ2v) is 5.97. The van der Waals surface area contributed by atoms with Crippen LogP contribution >= 0.6 is 23.2 Å². The molecule has 0 saturated heterocycles. The molecule has 1 aliphatic heterocycles.